The Bertz CT molecular complexity index is 636. The average Bonchev–Trinajstić information content (AvgIpc) is 3.01. The van der Waals surface area contributed by atoms with E-state index in [9.17, 15) is 4.79 Å². The van der Waals surface area contributed by atoms with E-state index in [4.69, 9.17) is 10.1 Å². The van der Waals surface area contributed by atoms with Gasteiger partial charge in [-0.1, -0.05) is 23.5 Å². The molecular formula is C13H14N4O2S. The number of hydrogen-bond donors (Lipinski definition) is 2. The standard InChI is InChI=1S/C13H14N4O2S/c1-2-19-12(18)8-7-15-17(11(8)14)13-16-9-5-3-4-6-10(9)20-13/h3-6,8,14-15H,2,7H2,1H3. The first-order valence-electron chi connectivity index (χ1n) is 6.35. The lowest BCUT2D eigenvalue weighted by atomic mass is 10.1. The summed E-state index contributed by atoms with van der Waals surface area (Å²) in [5.41, 5.74) is 3.92. The zero-order chi connectivity index (χ0) is 14.1. The fourth-order valence-corrected chi connectivity index (χ4v) is 3.04. The van der Waals surface area contributed by atoms with Crippen molar-refractivity contribution >= 4 is 38.5 Å². The topological polar surface area (TPSA) is 78.3 Å². The summed E-state index contributed by atoms with van der Waals surface area (Å²) < 4.78 is 6.03. The highest BCUT2D eigenvalue weighted by Crippen LogP contribution is 2.30. The zero-order valence-corrected chi connectivity index (χ0v) is 11.7. The lowest BCUT2D eigenvalue weighted by Crippen LogP contribution is -2.35. The Morgan fingerprint density at radius 3 is 3.15 bits per heavy atom. The van der Waals surface area contributed by atoms with Crippen LogP contribution in [0.5, 0.6) is 0 Å². The number of nitrogens with zero attached hydrogens (tertiary/aromatic N) is 2. The Balaban J connectivity index is 1.85. The number of ether oxygens (including phenoxy) is 1. The molecule has 3 rings (SSSR count). The summed E-state index contributed by atoms with van der Waals surface area (Å²) >= 11 is 1.48. The van der Waals surface area contributed by atoms with Crippen LogP contribution in [0.4, 0.5) is 5.13 Å². The van der Waals surface area contributed by atoms with Crippen LogP contribution in [0.25, 0.3) is 10.2 Å². The number of esters is 1. The van der Waals surface area contributed by atoms with E-state index in [1.165, 1.54) is 11.3 Å². The lowest BCUT2D eigenvalue weighted by Gasteiger charge is -2.14. The second kappa shape index (κ2) is 5.18. The van der Waals surface area contributed by atoms with Crippen molar-refractivity contribution in [2.24, 2.45) is 5.92 Å². The quantitative estimate of drug-likeness (QED) is 0.842. The predicted octanol–water partition coefficient (Wildman–Crippen LogP) is 1.78. The van der Waals surface area contributed by atoms with Crippen molar-refractivity contribution in [2.45, 2.75) is 6.92 Å². The predicted molar refractivity (Wildman–Crippen MR) is 78.0 cm³/mol. The van der Waals surface area contributed by atoms with E-state index in [1.807, 2.05) is 24.3 Å². The summed E-state index contributed by atoms with van der Waals surface area (Å²) in [4.78, 5) is 16.2. The van der Waals surface area contributed by atoms with Crippen LogP contribution in [-0.2, 0) is 9.53 Å². The van der Waals surface area contributed by atoms with E-state index in [0.29, 0.717) is 18.3 Å². The van der Waals surface area contributed by atoms with Gasteiger partial charge >= 0.3 is 5.97 Å². The molecular weight excluding hydrogens is 276 g/mol. The van der Waals surface area contributed by atoms with E-state index in [1.54, 1.807) is 11.9 Å². The molecule has 20 heavy (non-hydrogen) atoms. The molecule has 1 fully saturated rings. The maximum absolute atomic E-state index is 11.8. The molecule has 0 radical (unpaired) electrons. The number of thiazole rings is 1. The molecule has 1 unspecified atom stereocenters. The molecule has 6 nitrogen and oxygen atoms in total. The van der Waals surface area contributed by atoms with Crippen molar-refractivity contribution in [3.05, 3.63) is 24.3 Å². The number of hydrogen-bond acceptors (Lipinski definition) is 6. The van der Waals surface area contributed by atoms with Crippen molar-refractivity contribution in [3.63, 3.8) is 0 Å². The van der Waals surface area contributed by atoms with Gasteiger partial charge in [-0.2, -0.15) is 0 Å². The van der Waals surface area contributed by atoms with E-state index in [2.05, 4.69) is 10.4 Å². The van der Waals surface area contributed by atoms with Crippen molar-refractivity contribution in [1.29, 1.82) is 5.41 Å². The van der Waals surface area contributed by atoms with Crippen LogP contribution in [0.15, 0.2) is 24.3 Å². The molecule has 0 saturated carbocycles. The summed E-state index contributed by atoms with van der Waals surface area (Å²) in [6.45, 7) is 2.45. The fraction of sp³-hybridized carbons (Fsp3) is 0.308. The van der Waals surface area contributed by atoms with Crippen molar-refractivity contribution in [2.75, 3.05) is 18.2 Å². The highest BCUT2D eigenvalue weighted by Gasteiger charge is 2.36. The van der Waals surface area contributed by atoms with Gasteiger partial charge in [-0.25, -0.2) is 15.4 Å². The molecule has 104 valence electrons. The minimum atomic E-state index is -0.568. The van der Waals surface area contributed by atoms with Gasteiger partial charge in [0, 0.05) is 6.54 Å². The summed E-state index contributed by atoms with van der Waals surface area (Å²) in [5.74, 6) is -0.752. The van der Waals surface area contributed by atoms with Crippen LogP contribution in [0.3, 0.4) is 0 Å². The third-order valence-corrected chi connectivity index (χ3v) is 4.09. The molecule has 0 bridgehead atoms. The number of anilines is 1. The summed E-state index contributed by atoms with van der Waals surface area (Å²) in [6, 6.07) is 7.79. The van der Waals surface area contributed by atoms with Crippen LogP contribution in [0, 0.1) is 11.3 Å². The molecule has 1 aliphatic rings. The van der Waals surface area contributed by atoms with Crippen molar-refractivity contribution in [3.8, 4) is 0 Å². The van der Waals surface area contributed by atoms with E-state index < -0.39 is 5.92 Å². The molecule has 1 aromatic heterocycles. The maximum Gasteiger partial charge on any atom is 0.318 e. The molecule has 1 aromatic carbocycles. The Hall–Kier alpha value is -1.99. The van der Waals surface area contributed by atoms with E-state index in [0.717, 1.165) is 10.2 Å². The van der Waals surface area contributed by atoms with E-state index >= 15 is 0 Å². The van der Waals surface area contributed by atoms with Gasteiger partial charge in [0.1, 0.15) is 11.8 Å². The first-order chi connectivity index (χ1) is 9.70. The SMILES string of the molecule is CCOC(=O)C1CNN(c2nc3ccccc3s2)C1=N. The number of benzene rings is 1. The smallest absolute Gasteiger partial charge is 0.318 e. The second-order valence-corrected chi connectivity index (χ2v) is 5.36. The zero-order valence-electron chi connectivity index (χ0n) is 10.9. The van der Waals surface area contributed by atoms with Gasteiger partial charge in [-0.05, 0) is 19.1 Å². The largest absolute Gasteiger partial charge is 0.465 e. The minimum Gasteiger partial charge on any atom is -0.465 e. The number of aromatic nitrogens is 1. The number of nitrogens with one attached hydrogen (secondary N) is 2. The highest BCUT2D eigenvalue weighted by molar-refractivity contribution is 7.22. The Morgan fingerprint density at radius 1 is 1.60 bits per heavy atom. The summed E-state index contributed by atoms with van der Waals surface area (Å²) in [5, 5.41) is 10.3. The fourth-order valence-electron chi connectivity index (χ4n) is 2.08. The number of amidine groups is 1. The third-order valence-electron chi connectivity index (χ3n) is 3.07. The van der Waals surface area contributed by atoms with Crippen molar-refractivity contribution in [1.82, 2.24) is 10.4 Å². The van der Waals surface area contributed by atoms with Gasteiger partial charge in [0.05, 0.1) is 16.8 Å². The van der Waals surface area contributed by atoms with Gasteiger partial charge < -0.3 is 4.74 Å². The van der Waals surface area contributed by atoms with Gasteiger partial charge in [-0.3, -0.25) is 10.2 Å². The van der Waals surface area contributed by atoms with Gasteiger partial charge in [0.2, 0.25) is 5.13 Å². The molecule has 2 N–H and O–H groups in total. The first-order valence-corrected chi connectivity index (χ1v) is 7.16. The number of fused-ring (bicyclic) bond motifs is 1. The number of carbonyl (C=O) groups excluding carboxylic acids is 1. The Labute approximate surface area is 119 Å². The normalized spacial score (nSPS) is 18.8. The number of rotatable bonds is 3. The van der Waals surface area contributed by atoms with Crippen molar-refractivity contribution < 1.29 is 9.53 Å². The van der Waals surface area contributed by atoms with Crippen LogP contribution in [0.1, 0.15) is 6.92 Å². The monoisotopic (exact) mass is 290 g/mol. The average molecular weight is 290 g/mol. The third kappa shape index (κ3) is 2.14. The van der Waals surface area contributed by atoms with E-state index in [-0.39, 0.29) is 11.8 Å². The van der Waals surface area contributed by atoms with Gasteiger partial charge in [0.25, 0.3) is 0 Å². The molecule has 1 aliphatic heterocycles. The van der Waals surface area contributed by atoms with Crippen LogP contribution in [0.2, 0.25) is 0 Å². The number of para-hydroxylation sites is 1. The maximum atomic E-state index is 11.8. The van der Waals surface area contributed by atoms with Crippen LogP contribution in [-0.4, -0.2) is 29.9 Å². The molecule has 7 heteroatoms. The van der Waals surface area contributed by atoms with Gasteiger partial charge in [0.15, 0.2) is 0 Å². The second-order valence-electron chi connectivity index (χ2n) is 4.35. The van der Waals surface area contributed by atoms with Gasteiger partial charge in [-0.15, -0.1) is 0 Å². The summed E-state index contributed by atoms with van der Waals surface area (Å²) in [6.07, 6.45) is 0. The van der Waals surface area contributed by atoms with Crippen LogP contribution < -0.4 is 10.4 Å². The van der Waals surface area contributed by atoms with Crippen LogP contribution >= 0.6 is 11.3 Å². The molecule has 2 heterocycles. The molecule has 0 aliphatic carbocycles. The molecule has 0 spiro atoms. The molecule has 1 saturated heterocycles. The molecule has 0 amide bonds. The molecule has 2 aromatic rings. The highest BCUT2D eigenvalue weighted by atomic mass is 32.1. The lowest BCUT2D eigenvalue weighted by molar-refractivity contribution is -0.145. The first kappa shape index (κ1) is 13.0. The molecule has 1 atom stereocenters. The number of hydrazine groups is 1. The minimum absolute atomic E-state index is 0.183. The number of carbonyl (C=O) groups is 1. The Morgan fingerprint density at radius 2 is 2.40 bits per heavy atom. The Kier molecular flexibility index (Phi) is 3.37. The summed E-state index contributed by atoms with van der Waals surface area (Å²) in [7, 11) is 0.